The van der Waals surface area contributed by atoms with E-state index < -0.39 is 27.7 Å². The van der Waals surface area contributed by atoms with E-state index in [0.717, 1.165) is 6.07 Å². The summed E-state index contributed by atoms with van der Waals surface area (Å²) >= 11 is 3.51. The minimum Gasteiger partial charge on any atom is -0.505 e. The van der Waals surface area contributed by atoms with Crippen LogP contribution < -0.4 is 0 Å². The molecule has 1 N–H and O–H groups in total. The maximum Gasteiger partial charge on any atom is 0.174 e. The van der Waals surface area contributed by atoms with Gasteiger partial charge < -0.3 is 5.11 Å². The second-order valence-corrected chi connectivity index (χ2v) is 7.44. The Hall–Kier alpha value is -2.01. The molecule has 0 heterocycles. The highest BCUT2D eigenvalue weighted by Crippen LogP contribution is 2.55. The van der Waals surface area contributed by atoms with E-state index in [1.54, 1.807) is 19.1 Å². The van der Waals surface area contributed by atoms with Gasteiger partial charge in [-0.3, -0.25) is 9.59 Å². The number of rotatable bonds is 2. The van der Waals surface area contributed by atoms with Crippen molar-refractivity contribution in [1.82, 2.24) is 0 Å². The van der Waals surface area contributed by atoms with Crippen molar-refractivity contribution in [3.63, 3.8) is 0 Å². The molecular formula is C19H16BrFO3. The molecule has 0 spiro atoms. The van der Waals surface area contributed by atoms with Gasteiger partial charge >= 0.3 is 0 Å². The average molecular weight is 391 g/mol. The number of carbonyl (C=O) groups is 2. The Kier molecular flexibility index (Phi) is 4.08. The minimum absolute atomic E-state index is 0.119. The number of hydrogen-bond acceptors (Lipinski definition) is 3. The van der Waals surface area contributed by atoms with Gasteiger partial charge in [0, 0.05) is 17.4 Å². The molecule has 5 heteroatoms. The first-order valence-electron chi connectivity index (χ1n) is 7.58. The molecule has 0 bridgehead atoms. The third kappa shape index (κ3) is 2.22. The van der Waals surface area contributed by atoms with Crippen LogP contribution in [-0.4, -0.2) is 21.0 Å². The number of carbonyl (C=O) groups excluding carboxylic acids is 2. The lowest BCUT2D eigenvalue weighted by atomic mass is 9.62. The number of alkyl halides is 1. The number of hydrogen-bond donors (Lipinski definition) is 1. The van der Waals surface area contributed by atoms with E-state index in [1.807, 2.05) is 6.08 Å². The van der Waals surface area contributed by atoms with E-state index in [1.165, 1.54) is 12.1 Å². The highest BCUT2D eigenvalue weighted by molar-refractivity contribution is 9.10. The van der Waals surface area contributed by atoms with E-state index >= 15 is 0 Å². The molecule has 0 saturated heterocycles. The summed E-state index contributed by atoms with van der Waals surface area (Å²) in [6.07, 6.45) is 5.12. The summed E-state index contributed by atoms with van der Waals surface area (Å²) in [5, 5.41) is 10.2. The molecule has 124 valence electrons. The van der Waals surface area contributed by atoms with Gasteiger partial charge in [-0.1, -0.05) is 46.8 Å². The van der Waals surface area contributed by atoms with Crippen molar-refractivity contribution >= 4 is 27.5 Å². The molecule has 0 unspecified atom stereocenters. The van der Waals surface area contributed by atoms with Crippen molar-refractivity contribution in [3.05, 3.63) is 65.5 Å². The maximum atomic E-state index is 13.9. The molecular weight excluding hydrogens is 375 g/mol. The van der Waals surface area contributed by atoms with Crippen molar-refractivity contribution < 1.29 is 19.1 Å². The minimum atomic E-state index is -1.26. The van der Waals surface area contributed by atoms with Crippen LogP contribution in [0.5, 0.6) is 5.75 Å². The largest absolute Gasteiger partial charge is 0.505 e. The predicted molar refractivity (Wildman–Crippen MR) is 92.6 cm³/mol. The topological polar surface area (TPSA) is 54.4 Å². The van der Waals surface area contributed by atoms with Gasteiger partial charge in [-0.2, -0.15) is 0 Å². The quantitative estimate of drug-likeness (QED) is 0.776. The predicted octanol–water partition coefficient (Wildman–Crippen LogP) is 3.98. The zero-order valence-corrected chi connectivity index (χ0v) is 14.6. The number of fused-ring (bicyclic) bond motifs is 1. The number of benzene rings is 1. The van der Waals surface area contributed by atoms with E-state index in [4.69, 9.17) is 0 Å². The number of allylic oxidation sites excluding steroid dienone is 5. The fraction of sp³-hybridized carbons (Fsp3) is 0.263. The molecule has 0 aliphatic heterocycles. The number of Topliss-reactive ketones (excluding diaryl/α,β-unsaturated/α-hetero) is 1. The Morgan fingerprint density at radius 3 is 2.79 bits per heavy atom. The lowest BCUT2D eigenvalue weighted by Gasteiger charge is -2.45. The number of para-hydroxylation sites is 1. The van der Waals surface area contributed by atoms with Crippen LogP contribution in [0.3, 0.4) is 0 Å². The van der Waals surface area contributed by atoms with E-state index in [0.29, 0.717) is 17.6 Å². The first kappa shape index (κ1) is 16.8. The lowest BCUT2D eigenvalue weighted by molar-refractivity contribution is -0.128. The Morgan fingerprint density at radius 1 is 1.42 bits per heavy atom. The summed E-state index contributed by atoms with van der Waals surface area (Å²) < 4.78 is 12.6. The van der Waals surface area contributed by atoms with E-state index in [-0.39, 0.29) is 17.1 Å². The Morgan fingerprint density at radius 2 is 2.12 bits per heavy atom. The van der Waals surface area contributed by atoms with Crippen LogP contribution in [0.1, 0.15) is 24.8 Å². The number of phenols is 1. The molecule has 3 nitrogen and oxygen atoms in total. The number of aromatic hydroxyl groups is 1. The normalized spacial score (nSPS) is 29.6. The molecule has 1 aromatic rings. The molecule has 0 amide bonds. The molecule has 1 aromatic carbocycles. The third-order valence-electron chi connectivity index (χ3n) is 4.84. The molecule has 3 rings (SSSR count). The fourth-order valence-corrected chi connectivity index (χ4v) is 4.64. The van der Waals surface area contributed by atoms with Crippen molar-refractivity contribution in [2.45, 2.75) is 23.6 Å². The summed E-state index contributed by atoms with van der Waals surface area (Å²) in [4.78, 5) is 25.4. The summed E-state index contributed by atoms with van der Waals surface area (Å²) in [6, 6.07) is 4.19. The van der Waals surface area contributed by atoms with Gasteiger partial charge in [-0.15, -0.1) is 0 Å². The Bertz CT molecular complexity index is 824. The van der Waals surface area contributed by atoms with E-state index in [2.05, 4.69) is 22.5 Å². The summed E-state index contributed by atoms with van der Waals surface area (Å²) in [6.45, 7) is 5.38. The second-order valence-electron chi connectivity index (χ2n) is 6.13. The van der Waals surface area contributed by atoms with Crippen LogP contribution in [0, 0.1) is 11.7 Å². The van der Waals surface area contributed by atoms with Crippen molar-refractivity contribution in [2.24, 2.45) is 5.92 Å². The van der Waals surface area contributed by atoms with Crippen LogP contribution >= 0.6 is 15.9 Å². The maximum absolute atomic E-state index is 13.9. The highest BCUT2D eigenvalue weighted by Gasteiger charge is 2.56. The average Bonchev–Trinajstić information content (AvgIpc) is 2.55. The second kappa shape index (κ2) is 5.81. The van der Waals surface area contributed by atoms with E-state index in [9.17, 15) is 19.1 Å². The van der Waals surface area contributed by atoms with Crippen molar-refractivity contribution in [3.8, 4) is 5.75 Å². The van der Waals surface area contributed by atoms with Crippen molar-refractivity contribution in [2.75, 3.05) is 0 Å². The first-order valence-corrected chi connectivity index (χ1v) is 8.37. The van der Waals surface area contributed by atoms with Gasteiger partial charge in [-0.05, 0) is 36.6 Å². The lowest BCUT2D eigenvalue weighted by Crippen LogP contribution is -2.52. The van der Waals surface area contributed by atoms with Gasteiger partial charge in [-0.25, -0.2) is 4.39 Å². The fourth-order valence-electron chi connectivity index (χ4n) is 3.62. The van der Waals surface area contributed by atoms with Gasteiger partial charge in [0.25, 0.3) is 0 Å². The zero-order chi connectivity index (χ0) is 17.6. The highest BCUT2D eigenvalue weighted by atomic mass is 79.9. The summed E-state index contributed by atoms with van der Waals surface area (Å²) in [7, 11) is 0. The molecule has 0 fully saturated rings. The Labute approximate surface area is 147 Å². The smallest absolute Gasteiger partial charge is 0.174 e. The monoisotopic (exact) mass is 390 g/mol. The standard InChI is InChI=1S/C19H16BrFO3/c1-3-11-7-8-13-17(23)10(2)9-15(22)19(13,20)16(11)12-5-4-6-14(21)18(12)24/h3-7,9,13,16,24H,1,8H2,2H3/t13-,16+,19+/m0/s1. The van der Waals surface area contributed by atoms with Gasteiger partial charge in [0.1, 0.15) is 4.32 Å². The van der Waals surface area contributed by atoms with Crippen LogP contribution in [-0.2, 0) is 9.59 Å². The van der Waals surface area contributed by atoms with Crippen LogP contribution in [0.15, 0.2) is 54.2 Å². The number of halogens is 2. The summed E-state index contributed by atoms with van der Waals surface area (Å²) in [5.74, 6) is -2.97. The van der Waals surface area contributed by atoms with Gasteiger partial charge in [0.05, 0.1) is 0 Å². The third-order valence-corrected chi connectivity index (χ3v) is 6.25. The van der Waals surface area contributed by atoms with Gasteiger partial charge in [0.15, 0.2) is 23.1 Å². The zero-order valence-electron chi connectivity index (χ0n) is 13.1. The first-order chi connectivity index (χ1) is 11.3. The molecule has 24 heavy (non-hydrogen) atoms. The Balaban J connectivity index is 2.28. The van der Waals surface area contributed by atoms with Crippen LogP contribution in [0.2, 0.25) is 0 Å². The SMILES string of the molecule is C=CC1=CC[C@H]2C(=O)C(C)=CC(=O)[C@@]2(Br)[C@H]1c1cccc(F)c1O. The molecule has 3 atom stereocenters. The molecule has 0 saturated carbocycles. The molecule has 0 aromatic heterocycles. The van der Waals surface area contributed by atoms with Crippen molar-refractivity contribution in [1.29, 1.82) is 0 Å². The van der Waals surface area contributed by atoms with Crippen LogP contribution in [0.25, 0.3) is 0 Å². The number of ketones is 2. The number of phenolic OH excluding ortho intramolecular Hbond substituents is 1. The summed E-state index contributed by atoms with van der Waals surface area (Å²) in [5.41, 5.74) is 1.35. The van der Waals surface area contributed by atoms with Crippen LogP contribution in [0.4, 0.5) is 4.39 Å². The molecule has 2 aliphatic rings. The molecule has 2 aliphatic carbocycles. The van der Waals surface area contributed by atoms with Gasteiger partial charge in [0.2, 0.25) is 0 Å². The molecule has 0 radical (unpaired) electrons.